The van der Waals surface area contributed by atoms with E-state index in [9.17, 15) is 13.2 Å². The molecule has 12 heteroatoms. The maximum Gasteiger partial charge on any atom is 0.410 e. The van der Waals surface area contributed by atoms with E-state index in [4.69, 9.17) is 14.5 Å². The first-order valence-corrected chi connectivity index (χ1v) is 18.3. The SMILES string of the molecule is Cc1ccc2c(CS(=O)(=O)CC3CCC3)c(F)ccc2c1Oc1ncccc1-c1ccnc(N[C@H]2CCCN(C(=O)OC(C)(C)C)C2)n1. The van der Waals surface area contributed by atoms with E-state index in [0.29, 0.717) is 46.8 Å². The number of ether oxygens (including phenoxy) is 2. The number of rotatable bonds is 9. The second kappa shape index (κ2) is 13.7. The van der Waals surface area contributed by atoms with E-state index < -0.39 is 21.3 Å². The number of anilines is 1. The van der Waals surface area contributed by atoms with Gasteiger partial charge in [0, 0.05) is 42.5 Å². The molecule has 4 aromatic rings. The van der Waals surface area contributed by atoms with Crippen LogP contribution in [-0.4, -0.2) is 64.8 Å². The van der Waals surface area contributed by atoms with Gasteiger partial charge in [0.25, 0.3) is 0 Å². The van der Waals surface area contributed by atoms with Crippen molar-refractivity contribution in [2.45, 2.75) is 77.2 Å². The number of fused-ring (bicyclic) bond motifs is 1. The molecule has 10 nitrogen and oxygen atoms in total. The van der Waals surface area contributed by atoms with Crippen molar-refractivity contribution in [3.05, 3.63) is 71.8 Å². The van der Waals surface area contributed by atoms with Gasteiger partial charge in [-0.05, 0) is 101 Å². The maximum absolute atomic E-state index is 15.2. The van der Waals surface area contributed by atoms with Gasteiger partial charge in [0.1, 0.15) is 17.2 Å². The Kier molecular flexibility index (Phi) is 9.55. The summed E-state index contributed by atoms with van der Waals surface area (Å²) in [6.07, 6.45) is 7.44. The number of nitrogens with zero attached hydrogens (tertiary/aromatic N) is 4. The number of hydrogen-bond donors (Lipinski definition) is 1. The van der Waals surface area contributed by atoms with Crippen LogP contribution in [0.15, 0.2) is 54.9 Å². The molecular weight excluding hydrogens is 633 g/mol. The van der Waals surface area contributed by atoms with Gasteiger partial charge in [-0.3, -0.25) is 0 Å². The van der Waals surface area contributed by atoms with Gasteiger partial charge in [0.05, 0.1) is 22.8 Å². The number of benzene rings is 2. The molecule has 48 heavy (non-hydrogen) atoms. The molecule has 254 valence electrons. The van der Waals surface area contributed by atoms with Gasteiger partial charge in [-0.1, -0.05) is 18.6 Å². The third-order valence-electron chi connectivity index (χ3n) is 8.79. The first kappa shape index (κ1) is 33.6. The molecule has 6 rings (SSSR count). The summed E-state index contributed by atoms with van der Waals surface area (Å²) in [4.78, 5) is 28.1. The highest BCUT2D eigenvalue weighted by Crippen LogP contribution is 2.39. The molecule has 3 heterocycles. The standard InChI is InChI=1S/C36H42FN5O5S/c1-23-12-13-26-27(14-15-30(37)29(26)22-48(44,45)21-24-8-5-9-24)32(23)46-33-28(11-6-17-38-33)31-16-18-39-34(41-31)40-25-10-7-19-42(20-25)35(43)47-36(2,3)4/h6,11-18,24-25H,5,7-10,19-22H2,1-4H3,(H,39,40,41)/t25-/m0/s1. The molecule has 1 N–H and O–H groups in total. The van der Waals surface area contributed by atoms with E-state index >= 15 is 4.39 Å². The third kappa shape index (κ3) is 7.86. The number of likely N-dealkylation sites (tertiary alicyclic amines) is 1. The molecule has 1 atom stereocenters. The lowest BCUT2D eigenvalue weighted by molar-refractivity contribution is 0.0206. The van der Waals surface area contributed by atoms with Gasteiger partial charge in [0.2, 0.25) is 11.8 Å². The number of carbonyl (C=O) groups excluding carboxylic acids is 1. The highest BCUT2D eigenvalue weighted by atomic mass is 32.2. The number of piperidine rings is 1. The zero-order valence-electron chi connectivity index (χ0n) is 27.8. The lowest BCUT2D eigenvalue weighted by Crippen LogP contribution is -2.47. The van der Waals surface area contributed by atoms with E-state index in [-0.39, 0.29) is 41.0 Å². The van der Waals surface area contributed by atoms with Crippen molar-refractivity contribution in [1.82, 2.24) is 19.9 Å². The van der Waals surface area contributed by atoms with Gasteiger partial charge in [-0.15, -0.1) is 0 Å². The molecular formula is C36H42FN5O5S. The summed E-state index contributed by atoms with van der Waals surface area (Å²) < 4.78 is 53.3. The Morgan fingerprint density at radius 1 is 1.02 bits per heavy atom. The van der Waals surface area contributed by atoms with Gasteiger partial charge in [-0.2, -0.15) is 0 Å². The predicted molar refractivity (Wildman–Crippen MR) is 183 cm³/mol. The molecule has 1 saturated heterocycles. The number of halogens is 1. The van der Waals surface area contributed by atoms with Gasteiger partial charge < -0.3 is 19.7 Å². The number of carbonyl (C=O) groups is 1. The number of nitrogens with one attached hydrogen (secondary N) is 1. The molecule has 1 saturated carbocycles. The molecule has 0 unspecified atom stereocenters. The van der Waals surface area contributed by atoms with Crippen LogP contribution in [0.4, 0.5) is 15.1 Å². The molecule has 2 aliphatic rings. The van der Waals surface area contributed by atoms with Crippen molar-refractivity contribution >= 4 is 32.7 Å². The van der Waals surface area contributed by atoms with Gasteiger partial charge in [-0.25, -0.2) is 32.6 Å². The molecule has 0 radical (unpaired) electrons. The fourth-order valence-corrected chi connectivity index (χ4v) is 8.12. The quantitative estimate of drug-likeness (QED) is 0.193. The molecule has 1 aliphatic heterocycles. The summed E-state index contributed by atoms with van der Waals surface area (Å²) in [6.45, 7) is 8.53. The van der Waals surface area contributed by atoms with Crippen LogP contribution in [0.2, 0.25) is 0 Å². The highest BCUT2D eigenvalue weighted by Gasteiger charge is 2.29. The summed E-state index contributed by atoms with van der Waals surface area (Å²) in [5.74, 6) is 0.468. The molecule has 2 aromatic carbocycles. The predicted octanol–water partition coefficient (Wildman–Crippen LogP) is 7.46. The molecule has 2 fully saturated rings. The van der Waals surface area contributed by atoms with Crippen molar-refractivity contribution in [3.63, 3.8) is 0 Å². The zero-order valence-corrected chi connectivity index (χ0v) is 28.6. The number of amides is 1. The number of hydrogen-bond acceptors (Lipinski definition) is 9. The van der Waals surface area contributed by atoms with E-state index in [1.165, 1.54) is 6.07 Å². The first-order chi connectivity index (χ1) is 22.8. The van der Waals surface area contributed by atoms with Crippen LogP contribution < -0.4 is 10.1 Å². The molecule has 0 spiro atoms. The summed E-state index contributed by atoms with van der Waals surface area (Å²) in [6, 6.07) is 11.8. The van der Waals surface area contributed by atoms with Crippen LogP contribution in [0.25, 0.3) is 22.0 Å². The van der Waals surface area contributed by atoms with Crippen molar-refractivity contribution in [2.75, 3.05) is 24.2 Å². The van der Waals surface area contributed by atoms with Crippen molar-refractivity contribution in [1.29, 1.82) is 0 Å². The Morgan fingerprint density at radius 2 is 1.81 bits per heavy atom. The van der Waals surface area contributed by atoms with E-state index in [0.717, 1.165) is 37.7 Å². The van der Waals surface area contributed by atoms with Crippen molar-refractivity contribution < 1.29 is 27.1 Å². The Morgan fingerprint density at radius 3 is 2.56 bits per heavy atom. The largest absolute Gasteiger partial charge is 0.444 e. The van der Waals surface area contributed by atoms with Crippen LogP contribution in [-0.2, 0) is 20.3 Å². The third-order valence-corrected chi connectivity index (χ3v) is 10.5. The summed E-state index contributed by atoms with van der Waals surface area (Å²) in [5, 5.41) is 4.46. The van der Waals surface area contributed by atoms with Crippen molar-refractivity contribution in [3.8, 4) is 22.9 Å². The first-order valence-electron chi connectivity index (χ1n) is 16.5. The Balaban J connectivity index is 1.25. The van der Waals surface area contributed by atoms with Crippen LogP contribution in [0.5, 0.6) is 11.6 Å². The fourth-order valence-electron chi connectivity index (χ4n) is 6.21. The second-order valence-corrected chi connectivity index (χ2v) is 15.9. The van der Waals surface area contributed by atoms with Crippen molar-refractivity contribution in [2.24, 2.45) is 5.92 Å². The Hall–Kier alpha value is -4.32. The minimum absolute atomic E-state index is 0.0587. The summed E-state index contributed by atoms with van der Waals surface area (Å²) in [5.41, 5.74) is 1.55. The monoisotopic (exact) mass is 675 g/mol. The molecule has 2 aromatic heterocycles. The minimum atomic E-state index is -3.50. The van der Waals surface area contributed by atoms with Gasteiger partial charge in [0.15, 0.2) is 9.84 Å². The van der Waals surface area contributed by atoms with E-state index in [2.05, 4.69) is 15.3 Å². The Labute approximate surface area is 281 Å². The number of pyridine rings is 1. The number of sulfone groups is 1. The number of aromatic nitrogens is 3. The van der Waals surface area contributed by atoms with Crippen LogP contribution in [0.1, 0.15) is 64.0 Å². The lowest BCUT2D eigenvalue weighted by atomic mass is 9.87. The normalized spacial score (nSPS) is 17.2. The fraction of sp³-hybridized carbons (Fsp3) is 0.444. The zero-order chi connectivity index (χ0) is 34.1. The maximum atomic E-state index is 15.2. The molecule has 0 bridgehead atoms. The number of aryl methyl sites for hydroxylation is 1. The van der Waals surface area contributed by atoms with Crippen LogP contribution in [0.3, 0.4) is 0 Å². The Bertz CT molecular complexity index is 1930. The molecule has 1 amide bonds. The highest BCUT2D eigenvalue weighted by molar-refractivity contribution is 7.90. The van der Waals surface area contributed by atoms with Gasteiger partial charge >= 0.3 is 6.09 Å². The average molecular weight is 676 g/mol. The topological polar surface area (TPSA) is 124 Å². The van der Waals surface area contributed by atoms with Crippen LogP contribution >= 0.6 is 0 Å². The summed E-state index contributed by atoms with van der Waals surface area (Å²) in [7, 11) is -3.50. The van der Waals surface area contributed by atoms with Crippen LogP contribution in [0, 0.1) is 18.7 Å². The lowest BCUT2D eigenvalue weighted by Gasteiger charge is -2.34. The van der Waals surface area contributed by atoms with E-state index in [1.54, 1.807) is 47.6 Å². The smallest absolute Gasteiger partial charge is 0.410 e. The second-order valence-electron chi connectivity index (χ2n) is 13.8. The summed E-state index contributed by atoms with van der Waals surface area (Å²) >= 11 is 0. The van der Waals surface area contributed by atoms with E-state index in [1.807, 2.05) is 33.8 Å². The minimum Gasteiger partial charge on any atom is -0.444 e. The molecule has 1 aliphatic carbocycles. The average Bonchev–Trinajstić information content (AvgIpc) is 3.01.